The lowest BCUT2D eigenvalue weighted by Gasteiger charge is -2.21. The van der Waals surface area contributed by atoms with Gasteiger partial charge in [0.25, 0.3) is 0 Å². The van der Waals surface area contributed by atoms with E-state index in [1.54, 1.807) is 0 Å². The van der Waals surface area contributed by atoms with Crippen LogP contribution in [-0.2, 0) is 20.2 Å². The standard InChI is InChI=1S/C25H31N5O.HI/c1-3-26-25(30-14-13-22(18-30)23-16-28-29(2)17-23)27-15-20-9-11-24(12-10-20)31-19-21-7-5-4-6-8-21;/h4-12,16-17,22H,3,13-15,18-19H2,1-2H3,(H,26,27);1H. The molecule has 1 aromatic heterocycles. The lowest BCUT2D eigenvalue weighted by Crippen LogP contribution is -2.40. The first-order valence-electron chi connectivity index (χ1n) is 11.0. The predicted octanol–water partition coefficient (Wildman–Crippen LogP) is 4.57. The van der Waals surface area contributed by atoms with Crippen LogP contribution in [0.4, 0.5) is 0 Å². The molecule has 1 atom stereocenters. The molecule has 1 saturated heterocycles. The molecule has 2 aromatic carbocycles. The minimum atomic E-state index is 0. The molecule has 0 bridgehead atoms. The molecule has 1 N–H and O–H groups in total. The number of rotatable bonds is 7. The molecule has 0 radical (unpaired) electrons. The molecule has 1 unspecified atom stereocenters. The number of benzene rings is 2. The normalized spacial score (nSPS) is 16.0. The molecular formula is C25H32IN5O. The first-order chi connectivity index (χ1) is 15.2. The van der Waals surface area contributed by atoms with Crippen molar-refractivity contribution in [2.75, 3.05) is 19.6 Å². The Kier molecular flexibility index (Phi) is 8.96. The summed E-state index contributed by atoms with van der Waals surface area (Å²) in [4.78, 5) is 7.25. The van der Waals surface area contributed by atoms with Gasteiger partial charge in [0.05, 0.1) is 12.7 Å². The van der Waals surface area contributed by atoms with Gasteiger partial charge in [-0.1, -0.05) is 42.5 Å². The molecule has 3 aromatic rings. The third-order valence-electron chi connectivity index (χ3n) is 5.60. The van der Waals surface area contributed by atoms with Gasteiger partial charge in [0.15, 0.2) is 5.96 Å². The number of nitrogens with zero attached hydrogens (tertiary/aromatic N) is 4. The number of hydrogen-bond donors (Lipinski definition) is 1. The van der Waals surface area contributed by atoms with Crippen LogP contribution in [0.3, 0.4) is 0 Å². The van der Waals surface area contributed by atoms with Crippen molar-refractivity contribution in [3.63, 3.8) is 0 Å². The quantitative estimate of drug-likeness (QED) is 0.269. The topological polar surface area (TPSA) is 54.7 Å². The molecule has 7 heteroatoms. The average molecular weight is 545 g/mol. The summed E-state index contributed by atoms with van der Waals surface area (Å²) in [6.07, 6.45) is 5.24. The number of hydrogen-bond acceptors (Lipinski definition) is 3. The van der Waals surface area contributed by atoms with Gasteiger partial charge in [-0.05, 0) is 42.2 Å². The Morgan fingerprint density at radius 2 is 1.91 bits per heavy atom. The summed E-state index contributed by atoms with van der Waals surface area (Å²) in [6, 6.07) is 18.4. The minimum absolute atomic E-state index is 0. The highest BCUT2D eigenvalue weighted by molar-refractivity contribution is 14.0. The molecule has 4 rings (SSSR count). The molecule has 170 valence electrons. The van der Waals surface area contributed by atoms with Crippen LogP contribution in [0.5, 0.6) is 5.75 Å². The lowest BCUT2D eigenvalue weighted by atomic mass is 10.0. The fourth-order valence-corrected chi connectivity index (χ4v) is 3.90. The van der Waals surface area contributed by atoms with Crippen molar-refractivity contribution in [2.45, 2.75) is 32.4 Å². The molecule has 6 nitrogen and oxygen atoms in total. The van der Waals surface area contributed by atoms with Gasteiger partial charge < -0.3 is 15.0 Å². The summed E-state index contributed by atoms with van der Waals surface area (Å²) in [5.74, 6) is 2.37. The van der Waals surface area contributed by atoms with Crippen LogP contribution in [0.15, 0.2) is 72.0 Å². The molecule has 0 amide bonds. The van der Waals surface area contributed by atoms with Crippen molar-refractivity contribution in [1.82, 2.24) is 20.0 Å². The molecule has 0 aliphatic carbocycles. The van der Waals surface area contributed by atoms with Crippen LogP contribution in [0.1, 0.15) is 36.0 Å². The van der Waals surface area contributed by atoms with Crippen molar-refractivity contribution >= 4 is 29.9 Å². The molecular weight excluding hydrogens is 513 g/mol. The zero-order chi connectivity index (χ0) is 21.5. The Morgan fingerprint density at radius 3 is 2.59 bits per heavy atom. The van der Waals surface area contributed by atoms with Crippen LogP contribution >= 0.6 is 24.0 Å². The third kappa shape index (κ3) is 6.48. The summed E-state index contributed by atoms with van der Waals surface area (Å²) in [5, 5.41) is 7.78. The Bertz CT molecular complexity index is 987. The monoisotopic (exact) mass is 545 g/mol. The smallest absolute Gasteiger partial charge is 0.194 e. The van der Waals surface area contributed by atoms with E-state index in [1.165, 1.54) is 16.7 Å². The second-order valence-corrected chi connectivity index (χ2v) is 7.97. The molecule has 1 aliphatic heterocycles. The van der Waals surface area contributed by atoms with Gasteiger partial charge in [-0.15, -0.1) is 24.0 Å². The highest BCUT2D eigenvalue weighted by atomic mass is 127. The van der Waals surface area contributed by atoms with Crippen LogP contribution in [0.2, 0.25) is 0 Å². The molecule has 0 saturated carbocycles. The number of aliphatic imine (C=N–C) groups is 1. The maximum absolute atomic E-state index is 5.88. The van der Waals surface area contributed by atoms with E-state index in [0.29, 0.717) is 19.1 Å². The Morgan fingerprint density at radius 1 is 1.12 bits per heavy atom. The SMILES string of the molecule is CCNC(=NCc1ccc(OCc2ccccc2)cc1)N1CCC(c2cnn(C)c2)C1.I. The first kappa shape index (κ1) is 24.1. The molecule has 1 fully saturated rings. The molecule has 2 heterocycles. The Labute approximate surface area is 207 Å². The second kappa shape index (κ2) is 11.9. The van der Waals surface area contributed by atoms with E-state index in [9.17, 15) is 0 Å². The summed E-state index contributed by atoms with van der Waals surface area (Å²) >= 11 is 0. The maximum Gasteiger partial charge on any atom is 0.194 e. The number of ether oxygens (including phenoxy) is 1. The van der Waals surface area contributed by atoms with Crippen molar-refractivity contribution in [3.8, 4) is 5.75 Å². The fourth-order valence-electron chi connectivity index (χ4n) is 3.90. The van der Waals surface area contributed by atoms with Gasteiger partial charge >= 0.3 is 0 Å². The fraction of sp³-hybridized carbons (Fsp3) is 0.360. The minimum Gasteiger partial charge on any atom is -0.489 e. The van der Waals surface area contributed by atoms with Gasteiger partial charge in [-0.3, -0.25) is 4.68 Å². The van der Waals surface area contributed by atoms with Crippen molar-refractivity contribution in [1.29, 1.82) is 0 Å². The van der Waals surface area contributed by atoms with E-state index >= 15 is 0 Å². The van der Waals surface area contributed by atoms with E-state index in [4.69, 9.17) is 9.73 Å². The summed E-state index contributed by atoms with van der Waals surface area (Å²) < 4.78 is 7.76. The van der Waals surface area contributed by atoms with E-state index in [-0.39, 0.29) is 24.0 Å². The van der Waals surface area contributed by atoms with Crippen molar-refractivity contribution in [3.05, 3.63) is 83.7 Å². The van der Waals surface area contributed by atoms with Gasteiger partial charge in [-0.2, -0.15) is 5.10 Å². The first-order valence-corrected chi connectivity index (χ1v) is 11.0. The van der Waals surface area contributed by atoms with Crippen LogP contribution < -0.4 is 10.1 Å². The zero-order valence-corrected chi connectivity index (χ0v) is 21.1. The summed E-state index contributed by atoms with van der Waals surface area (Å²) in [7, 11) is 1.97. The zero-order valence-electron chi connectivity index (χ0n) is 18.8. The van der Waals surface area contributed by atoms with Crippen LogP contribution in [0.25, 0.3) is 0 Å². The Hall–Kier alpha value is -2.55. The summed E-state index contributed by atoms with van der Waals surface area (Å²) in [6.45, 7) is 6.19. The maximum atomic E-state index is 5.88. The van der Waals surface area contributed by atoms with Gasteiger partial charge in [-0.25, -0.2) is 4.99 Å². The number of aryl methyl sites for hydroxylation is 1. The number of nitrogens with one attached hydrogen (secondary N) is 1. The lowest BCUT2D eigenvalue weighted by molar-refractivity contribution is 0.306. The van der Waals surface area contributed by atoms with E-state index in [2.05, 4.69) is 52.7 Å². The van der Waals surface area contributed by atoms with Gasteiger partial charge in [0.1, 0.15) is 12.4 Å². The highest BCUT2D eigenvalue weighted by Gasteiger charge is 2.26. The average Bonchev–Trinajstić information content (AvgIpc) is 3.46. The Balaban J connectivity index is 0.00000289. The van der Waals surface area contributed by atoms with Crippen molar-refractivity contribution in [2.24, 2.45) is 12.0 Å². The number of guanidine groups is 1. The molecule has 1 aliphatic rings. The summed E-state index contributed by atoms with van der Waals surface area (Å²) in [5.41, 5.74) is 3.65. The van der Waals surface area contributed by atoms with E-state index in [1.807, 2.05) is 48.3 Å². The number of likely N-dealkylation sites (tertiary alicyclic amines) is 1. The van der Waals surface area contributed by atoms with E-state index < -0.39 is 0 Å². The number of aromatic nitrogens is 2. The third-order valence-corrected chi connectivity index (χ3v) is 5.60. The highest BCUT2D eigenvalue weighted by Crippen LogP contribution is 2.26. The largest absolute Gasteiger partial charge is 0.489 e. The van der Waals surface area contributed by atoms with Crippen LogP contribution in [0, 0.1) is 0 Å². The van der Waals surface area contributed by atoms with Crippen LogP contribution in [-0.4, -0.2) is 40.3 Å². The number of halogens is 1. The second-order valence-electron chi connectivity index (χ2n) is 7.97. The van der Waals surface area contributed by atoms with Gasteiger partial charge in [0, 0.05) is 38.8 Å². The predicted molar refractivity (Wildman–Crippen MR) is 140 cm³/mol. The van der Waals surface area contributed by atoms with Gasteiger partial charge in [0.2, 0.25) is 0 Å². The van der Waals surface area contributed by atoms with Crippen molar-refractivity contribution < 1.29 is 4.74 Å². The molecule has 0 spiro atoms. The molecule has 32 heavy (non-hydrogen) atoms. The van der Waals surface area contributed by atoms with E-state index in [0.717, 1.165) is 37.8 Å².